The van der Waals surface area contributed by atoms with Gasteiger partial charge in [-0.25, -0.2) is 24.9 Å². The average Bonchev–Trinajstić information content (AvgIpc) is 3.43. The van der Waals surface area contributed by atoms with E-state index < -0.39 is 5.91 Å². The minimum absolute atomic E-state index is 0. The van der Waals surface area contributed by atoms with E-state index in [0.29, 0.717) is 22.5 Å². The number of nitrogens with one attached hydrogen (secondary N) is 1. The molecule has 3 heterocycles. The van der Waals surface area contributed by atoms with Crippen molar-refractivity contribution in [3.8, 4) is 11.5 Å². The summed E-state index contributed by atoms with van der Waals surface area (Å²) in [5.41, 5.74) is 6.61. The lowest BCUT2D eigenvalue weighted by Gasteiger charge is -2.08. The average molecular weight is 383 g/mol. The van der Waals surface area contributed by atoms with Crippen LogP contribution in [0.4, 0.5) is 10.9 Å². The molecule has 0 bridgehead atoms. The second kappa shape index (κ2) is 7.46. The Morgan fingerprint density at radius 1 is 1.33 bits per heavy atom. The number of thiazole rings is 1. The Balaban J connectivity index is 0.00000225. The van der Waals surface area contributed by atoms with Crippen LogP contribution in [-0.2, 0) is 0 Å². The number of aromatic nitrogens is 4. The van der Waals surface area contributed by atoms with Crippen LogP contribution in [0.1, 0.15) is 36.2 Å². The van der Waals surface area contributed by atoms with E-state index in [1.807, 2.05) is 5.38 Å². The highest BCUT2D eigenvalue weighted by Crippen LogP contribution is 2.41. The minimum atomic E-state index is -0.394. The topological polar surface area (TPSA) is 128 Å². The molecule has 3 aromatic rings. The summed E-state index contributed by atoms with van der Waals surface area (Å²) in [7, 11) is 0. The van der Waals surface area contributed by atoms with Crippen LogP contribution in [0.5, 0.6) is 11.5 Å². The van der Waals surface area contributed by atoms with E-state index in [9.17, 15) is 4.79 Å². The van der Waals surface area contributed by atoms with Crippen LogP contribution >= 0.6 is 11.3 Å². The van der Waals surface area contributed by atoms with Crippen molar-refractivity contribution in [2.45, 2.75) is 18.8 Å². The number of carbonyl (C=O) groups is 1. The SMILES string of the molecule is N/C=N\c1ncc(Oc2cncnc2)cc1C(=O)Nc1nc(C2CC2)cs1.[HH]. The normalized spacial score (nSPS) is 13.6. The summed E-state index contributed by atoms with van der Waals surface area (Å²) in [4.78, 5) is 33.0. The zero-order valence-electron chi connectivity index (χ0n) is 14.1. The molecule has 1 aliphatic rings. The number of amides is 1. The summed E-state index contributed by atoms with van der Waals surface area (Å²) in [6.07, 6.45) is 9.24. The maximum Gasteiger partial charge on any atom is 0.261 e. The van der Waals surface area contributed by atoms with Gasteiger partial charge >= 0.3 is 0 Å². The largest absolute Gasteiger partial charge is 0.452 e. The molecular weight excluding hydrogens is 366 g/mol. The number of hydrogen-bond donors (Lipinski definition) is 2. The third-order valence-electron chi connectivity index (χ3n) is 3.79. The highest BCUT2D eigenvalue weighted by molar-refractivity contribution is 7.14. The molecular formula is C17H17N7O2S. The number of nitrogens with two attached hydrogens (primary N) is 1. The third kappa shape index (κ3) is 4.06. The fourth-order valence-corrected chi connectivity index (χ4v) is 3.17. The van der Waals surface area contributed by atoms with Gasteiger partial charge in [0.2, 0.25) is 0 Å². The Kier molecular flexibility index (Phi) is 4.71. The quantitative estimate of drug-likeness (QED) is 0.494. The van der Waals surface area contributed by atoms with Crippen molar-refractivity contribution in [1.82, 2.24) is 19.9 Å². The van der Waals surface area contributed by atoms with Crippen molar-refractivity contribution in [3.63, 3.8) is 0 Å². The molecule has 1 fully saturated rings. The van der Waals surface area contributed by atoms with Crippen molar-refractivity contribution >= 4 is 34.5 Å². The van der Waals surface area contributed by atoms with E-state index in [1.54, 1.807) is 0 Å². The standard InChI is InChI=1S/C17H15N7O2S.H2/c18-8-22-15-13(3-11(6-21-15)26-12-4-19-9-20-5-12)16(25)24-17-23-14(7-27-17)10-1-2-10;/h3-10H,1-2H2,(H2,18,21,22)(H,23,24,25);1H. The summed E-state index contributed by atoms with van der Waals surface area (Å²) in [5, 5.41) is 5.29. The molecule has 1 amide bonds. The second-order valence-corrected chi connectivity index (χ2v) is 6.66. The van der Waals surface area contributed by atoms with Gasteiger partial charge in [0, 0.05) is 12.7 Å². The van der Waals surface area contributed by atoms with Gasteiger partial charge in [-0.3, -0.25) is 10.1 Å². The number of rotatable bonds is 6. The van der Waals surface area contributed by atoms with Crippen LogP contribution in [0.3, 0.4) is 0 Å². The van der Waals surface area contributed by atoms with Crippen molar-refractivity contribution < 1.29 is 11.0 Å². The molecule has 138 valence electrons. The van der Waals surface area contributed by atoms with Crippen LogP contribution in [0.15, 0.2) is 41.4 Å². The molecule has 4 rings (SSSR count). The number of nitrogens with zero attached hydrogens (tertiary/aromatic N) is 5. The summed E-state index contributed by atoms with van der Waals surface area (Å²) in [5.74, 6) is 1.09. The van der Waals surface area contributed by atoms with Crippen LogP contribution in [0.25, 0.3) is 0 Å². The Morgan fingerprint density at radius 2 is 2.15 bits per heavy atom. The summed E-state index contributed by atoms with van der Waals surface area (Å²) < 4.78 is 5.63. The zero-order valence-corrected chi connectivity index (χ0v) is 14.9. The molecule has 0 saturated heterocycles. The maximum absolute atomic E-state index is 12.7. The van der Waals surface area contributed by atoms with Crippen molar-refractivity contribution in [2.75, 3.05) is 5.32 Å². The van der Waals surface area contributed by atoms with Crippen LogP contribution in [0, 0.1) is 0 Å². The van der Waals surface area contributed by atoms with Crippen molar-refractivity contribution in [2.24, 2.45) is 10.7 Å². The molecule has 3 N–H and O–H groups in total. The smallest absolute Gasteiger partial charge is 0.261 e. The third-order valence-corrected chi connectivity index (χ3v) is 4.57. The van der Waals surface area contributed by atoms with E-state index in [1.165, 1.54) is 42.3 Å². The molecule has 10 heteroatoms. The summed E-state index contributed by atoms with van der Waals surface area (Å²) in [6, 6.07) is 1.53. The number of pyridine rings is 1. The lowest BCUT2D eigenvalue weighted by Crippen LogP contribution is -2.13. The fraction of sp³-hybridized carbons (Fsp3) is 0.176. The van der Waals surface area contributed by atoms with Gasteiger partial charge in [-0.05, 0) is 18.9 Å². The van der Waals surface area contributed by atoms with E-state index >= 15 is 0 Å². The van der Waals surface area contributed by atoms with Crippen LogP contribution in [-0.4, -0.2) is 32.2 Å². The zero-order chi connectivity index (χ0) is 18.6. The first-order chi connectivity index (χ1) is 13.2. The van der Waals surface area contributed by atoms with Crippen LogP contribution < -0.4 is 15.8 Å². The lowest BCUT2D eigenvalue weighted by atomic mass is 10.2. The van der Waals surface area contributed by atoms with Gasteiger partial charge in [0.15, 0.2) is 16.7 Å². The second-order valence-electron chi connectivity index (χ2n) is 5.80. The first-order valence-electron chi connectivity index (χ1n) is 8.17. The van der Waals surface area contributed by atoms with Gasteiger partial charge in [-0.1, -0.05) is 0 Å². The molecule has 1 aliphatic carbocycles. The summed E-state index contributed by atoms with van der Waals surface area (Å²) >= 11 is 1.39. The highest BCUT2D eigenvalue weighted by atomic mass is 32.1. The van der Waals surface area contributed by atoms with E-state index in [-0.39, 0.29) is 12.8 Å². The van der Waals surface area contributed by atoms with Gasteiger partial charge in [0.05, 0.1) is 36.2 Å². The molecule has 0 atom stereocenters. The van der Waals surface area contributed by atoms with Crippen LogP contribution in [0.2, 0.25) is 0 Å². The number of anilines is 1. The monoisotopic (exact) mass is 383 g/mol. The lowest BCUT2D eigenvalue weighted by molar-refractivity contribution is 0.102. The van der Waals surface area contributed by atoms with Gasteiger partial charge in [0.1, 0.15) is 12.1 Å². The van der Waals surface area contributed by atoms with Gasteiger partial charge < -0.3 is 10.5 Å². The number of aliphatic imine (C=N–C) groups is 1. The fourth-order valence-electron chi connectivity index (χ4n) is 2.38. The first kappa shape index (κ1) is 17.0. The van der Waals surface area contributed by atoms with Crippen molar-refractivity contribution in [1.29, 1.82) is 0 Å². The molecule has 9 nitrogen and oxygen atoms in total. The van der Waals surface area contributed by atoms with E-state index in [0.717, 1.165) is 24.9 Å². The maximum atomic E-state index is 12.7. The molecule has 0 radical (unpaired) electrons. The van der Waals surface area contributed by atoms with E-state index in [2.05, 4.69) is 30.2 Å². The predicted octanol–water partition coefficient (Wildman–Crippen LogP) is 3.11. The molecule has 0 aliphatic heterocycles. The Hall–Kier alpha value is -3.40. The number of ether oxygens (including phenoxy) is 1. The Bertz CT molecular complexity index is 992. The minimum Gasteiger partial charge on any atom is -0.452 e. The molecule has 3 aromatic heterocycles. The van der Waals surface area contributed by atoms with E-state index in [4.69, 9.17) is 10.5 Å². The molecule has 1 saturated carbocycles. The van der Waals surface area contributed by atoms with Crippen molar-refractivity contribution in [3.05, 3.63) is 47.6 Å². The number of hydrogen-bond acceptors (Lipinski definition) is 8. The summed E-state index contributed by atoms with van der Waals surface area (Å²) in [6.45, 7) is 0. The Morgan fingerprint density at radius 3 is 2.89 bits per heavy atom. The number of carbonyl (C=O) groups excluding carboxylic acids is 1. The van der Waals surface area contributed by atoms with Gasteiger partial charge in [-0.15, -0.1) is 11.3 Å². The highest BCUT2D eigenvalue weighted by Gasteiger charge is 2.26. The Labute approximate surface area is 159 Å². The molecule has 27 heavy (non-hydrogen) atoms. The molecule has 0 spiro atoms. The first-order valence-corrected chi connectivity index (χ1v) is 9.05. The molecule has 0 unspecified atom stereocenters. The predicted molar refractivity (Wildman–Crippen MR) is 103 cm³/mol. The van der Waals surface area contributed by atoms with Gasteiger partial charge in [0.25, 0.3) is 5.91 Å². The molecule has 0 aromatic carbocycles. The van der Waals surface area contributed by atoms with Gasteiger partial charge in [-0.2, -0.15) is 0 Å².